The van der Waals surface area contributed by atoms with Crippen LogP contribution in [0.25, 0.3) is 10.9 Å². The highest BCUT2D eigenvalue weighted by molar-refractivity contribution is 7.99. The molecule has 2 aromatic heterocycles. The standard InChI is InChI=1S/C28H30ClF4N5O3S/c1-14-10-36(11-15(2)38(14)26(40)41-27(3,4)5)24-18-8-19(28(31,32)33)21(29)23-22(18)37(25(39)35-24)12-16(13-42-23)17-6-7-34-9-20(17)30/h6-9,14-16H,10-13H2,1-5H3/t14-,15+,16-/m0/s1. The van der Waals surface area contributed by atoms with Crippen molar-refractivity contribution in [2.45, 2.75) is 75.8 Å². The van der Waals surface area contributed by atoms with Gasteiger partial charge in [0.2, 0.25) is 0 Å². The molecule has 1 saturated heterocycles. The fourth-order valence-electron chi connectivity index (χ4n) is 5.65. The van der Waals surface area contributed by atoms with Crippen LogP contribution in [0.4, 0.5) is 28.2 Å². The minimum atomic E-state index is -4.78. The Kier molecular flexibility index (Phi) is 7.88. The number of nitrogens with zero attached hydrogens (tertiary/aromatic N) is 5. The van der Waals surface area contributed by atoms with Crippen molar-refractivity contribution in [1.82, 2.24) is 19.4 Å². The molecule has 3 aromatic rings. The van der Waals surface area contributed by atoms with Crippen LogP contribution < -0.4 is 10.6 Å². The van der Waals surface area contributed by atoms with E-state index < -0.39 is 58.0 Å². The highest BCUT2D eigenvalue weighted by Crippen LogP contribution is 2.47. The van der Waals surface area contributed by atoms with Gasteiger partial charge in [-0.2, -0.15) is 18.2 Å². The number of alkyl halides is 3. The number of anilines is 1. The molecule has 42 heavy (non-hydrogen) atoms. The van der Waals surface area contributed by atoms with Crippen molar-refractivity contribution in [1.29, 1.82) is 0 Å². The molecule has 1 fully saturated rings. The second-order valence-electron chi connectivity index (χ2n) is 11.7. The van der Waals surface area contributed by atoms with E-state index in [1.807, 2.05) is 0 Å². The number of piperazine rings is 1. The number of rotatable bonds is 2. The second-order valence-corrected chi connectivity index (χ2v) is 13.1. The largest absolute Gasteiger partial charge is 0.444 e. The molecule has 4 heterocycles. The highest BCUT2D eigenvalue weighted by atomic mass is 35.5. The van der Waals surface area contributed by atoms with Crippen molar-refractivity contribution in [3.8, 4) is 0 Å². The lowest BCUT2D eigenvalue weighted by Gasteiger charge is -2.45. The third kappa shape index (κ3) is 5.64. The molecule has 0 N–H and O–H groups in total. The molecule has 0 radical (unpaired) electrons. The molecule has 0 saturated carbocycles. The van der Waals surface area contributed by atoms with E-state index >= 15 is 0 Å². The Bertz CT molecular complexity index is 1600. The first-order valence-corrected chi connectivity index (χ1v) is 14.8. The van der Waals surface area contributed by atoms with Crippen LogP contribution in [0.1, 0.15) is 51.7 Å². The molecule has 0 unspecified atom stereocenters. The molecular weight excluding hydrogens is 598 g/mol. The number of ether oxygens (including phenoxy) is 1. The summed E-state index contributed by atoms with van der Waals surface area (Å²) >= 11 is 7.44. The number of hydrogen-bond acceptors (Lipinski definition) is 7. The summed E-state index contributed by atoms with van der Waals surface area (Å²) in [6, 6.07) is 1.63. The third-order valence-electron chi connectivity index (χ3n) is 7.34. The predicted molar refractivity (Wildman–Crippen MR) is 153 cm³/mol. The summed E-state index contributed by atoms with van der Waals surface area (Å²) in [5.41, 5.74) is -1.93. The lowest BCUT2D eigenvalue weighted by atomic mass is 10.0. The average Bonchev–Trinajstić information content (AvgIpc) is 3.07. The predicted octanol–water partition coefficient (Wildman–Crippen LogP) is 6.33. The smallest absolute Gasteiger partial charge is 0.417 e. The van der Waals surface area contributed by atoms with Gasteiger partial charge < -0.3 is 9.64 Å². The Labute approximate surface area is 249 Å². The van der Waals surface area contributed by atoms with Gasteiger partial charge in [0.25, 0.3) is 0 Å². The summed E-state index contributed by atoms with van der Waals surface area (Å²) in [6.07, 6.45) is -2.79. The fourth-order valence-corrected chi connectivity index (χ4v) is 7.31. The molecule has 2 aliphatic heterocycles. The van der Waals surface area contributed by atoms with E-state index in [2.05, 4.69) is 9.97 Å². The van der Waals surface area contributed by atoms with Gasteiger partial charge in [-0.1, -0.05) is 11.6 Å². The number of carbonyl (C=O) groups excluding carboxylic acids is 1. The summed E-state index contributed by atoms with van der Waals surface area (Å²) in [4.78, 5) is 38.0. The van der Waals surface area contributed by atoms with Crippen molar-refractivity contribution in [3.63, 3.8) is 0 Å². The lowest BCUT2D eigenvalue weighted by molar-refractivity contribution is -0.137. The van der Waals surface area contributed by atoms with Crippen LogP contribution in [0.5, 0.6) is 0 Å². The quantitative estimate of drug-likeness (QED) is 0.307. The first-order valence-electron chi connectivity index (χ1n) is 13.4. The third-order valence-corrected chi connectivity index (χ3v) is 9.10. The van der Waals surface area contributed by atoms with Gasteiger partial charge >= 0.3 is 18.0 Å². The van der Waals surface area contributed by atoms with Crippen molar-refractivity contribution >= 4 is 46.2 Å². The molecule has 2 aliphatic rings. The van der Waals surface area contributed by atoms with E-state index in [0.717, 1.165) is 24.0 Å². The number of halogens is 5. The molecule has 1 amide bonds. The van der Waals surface area contributed by atoms with Gasteiger partial charge in [0.1, 0.15) is 17.2 Å². The van der Waals surface area contributed by atoms with E-state index in [1.54, 1.807) is 44.4 Å². The molecular formula is C28H30ClF4N5O3S. The topological polar surface area (TPSA) is 80.6 Å². The first-order chi connectivity index (χ1) is 19.6. The van der Waals surface area contributed by atoms with Crippen LogP contribution in [0.15, 0.2) is 34.2 Å². The lowest BCUT2D eigenvalue weighted by Crippen LogP contribution is -2.59. The maximum Gasteiger partial charge on any atom is 0.417 e. The van der Waals surface area contributed by atoms with E-state index in [-0.39, 0.29) is 47.0 Å². The van der Waals surface area contributed by atoms with Gasteiger partial charge in [-0.05, 0) is 52.3 Å². The van der Waals surface area contributed by atoms with Crippen LogP contribution in [-0.4, -0.2) is 62.1 Å². The first kappa shape index (κ1) is 30.4. The number of pyridine rings is 1. The van der Waals surface area contributed by atoms with Crippen LogP contribution in [0, 0.1) is 5.82 Å². The Hall–Kier alpha value is -3.06. The maximum atomic E-state index is 14.7. The van der Waals surface area contributed by atoms with E-state index in [1.165, 1.54) is 16.8 Å². The van der Waals surface area contributed by atoms with Gasteiger partial charge in [0.15, 0.2) is 0 Å². The zero-order valence-electron chi connectivity index (χ0n) is 23.6. The molecule has 0 spiro atoms. The Morgan fingerprint density at radius 1 is 1.14 bits per heavy atom. The number of carbonyl (C=O) groups is 1. The van der Waals surface area contributed by atoms with Gasteiger partial charge in [0.05, 0.1) is 39.3 Å². The maximum absolute atomic E-state index is 14.7. The zero-order chi connectivity index (χ0) is 30.7. The van der Waals surface area contributed by atoms with Crippen LogP contribution in [-0.2, 0) is 17.5 Å². The minimum Gasteiger partial charge on any atom is -0.444 e. The molecule has 226 valence electrons. The summed E-state index contributed by atoms with van der Waals surface area (Å²) in [5, 5.41) is -0.410. The van der Waals surface area contributed by atoms with E-state index in [4.69, 9.17) is 16.3 Å². The Morgan fingerprint density at radius 2 is 1.81 bits per heavy atom. The van der Waals surface area contributed by atoms with Gasteiger partial charge in [-0.3, -0.25) is 14.5 Å². The second kappa shape index (κ2) is 10.9. The summed E-state index contributed by atoms with van der Waals surface area (Å²) in [5.74, 6) is -0.875. The van der Waals surface area contributed by atoms with Crippen LogP contribution in [0.3, 0.4) is 0 Å². The number of amides is 1. The number of aromatic nitrogens is 3. The van der Waals surface area contributed by atoms with Gasteiger partial charge in [-0.15, -0.1) is 11.8 Å². The molecule has 0 bridgehead atoms. The normalized spacial score (nSPS) is 21.4. The Balaban J connectivity index is 1.64. The van der Waals surface area contributed by atoms with Gasteiger partial charge in [0, 0.05) is 42.9 Å². The highest BCUT2D eigenvalue weighted by Gasteiger charge is 2.40. The summed E-state index contributed by atoms with van der Waals surface area (Å²) in [6.45, 7) is 9.29. The van der Waals surface area contributed by atoms with Crippen molar-refractivity contribution < 1.29 is 27.1 Å². The average molecular weight is 628 g/mol. The van der Waals surface area contributed by atoms with Crippen molar-refractivity contribution in [2.24, 2.45) is 0 Å². The molecule has 8 nitrogen and oxygen atoms in total. The zero-order valence-corrected chi connectivity index (χ0v) is 25.2. The molecule has 1 aromatic carbocycles. The van der Waals surface area contributed by atoms with Crippen molar-refractivity contribution in [3.05, 3.63) is 57.0 Å². The monoisotopic (exact) mass is 627 g/mol. The van der Waals surface area contributed by atoms with Crippen molar-refractivity contribution in [2.75, 3.05) is 23.7 Å². The van der Waals surface area contributed by atoms with Crippen LogP contribution >= 0.6 is 23.4 Å². The SMILES string of the molecule is C[C@@H]1CN(c2nc(=O)n3c4c(c(Cl)c(C(F)(F)F)cc24)SC[C@@H](c2ccncc2F)C3)C[C@H](C)N1C(=O)OC(C)(C)C. The van der Waals surface area contributed by atoms with E-state index in [9.17, 15) is 27.2 Å². The number of hydrogen-bond donors (Lipinski definition) is 0. The molecule has 5 rings (SSSR count). The van der Waals surface area contributed by atoms with Gasteiger partial charge in [-0.25, -0.2) is 14.0 Å². The van der Waals surface area contributed by atoms with Crippen LogP contribution in [0.2, 0.25) is 5.02 Å². The molecule has 3 atom stereocenters. The minimum absolute atomic E-state index is 0.00946. The van der Waals surface area contributed by atoms with E-state index in [0.29, 0.717) is 5.56 Å². The summed E-state index contributed by atoms with van der Waals surface area (Å²) in [7, 11) is 0. The fraction of sp³-hybridized carbons (Fsp3) is 0.500. The summed E-state index contributed by atoms with van der Waals surface area (Å²) < 4.78 is 64.3. The molecule has 0 aliphatic carbocycles. The number of thioether (sulfide) groups is 1. The Morgan fingerprint density at radius 3 is 2.40 bits per heavy atom. The molecule has 14 heteroatoms. The number of benzene rings is 1.